The summed E-state index contributed by atoms with van der Waals surface area (Å²) in [6, 6.07) is 15.5. The molecule has 0 bridgehead atoms. The summed E-state index contributed by atoms with van der Waals surface area (Å²) in [5.74, 6) is 0.685. The Balaban J connectivity index is 2.16. The van der Waals surface area contributed by atoms with Crippen molar-refractivity contribution in [1.29, 1.82) is 0 Å². The third-order valence-corrected chi connectivity index (χ3v) is 3.24. The number of ether oxygens (including phenoxy) is 1. The number of para-hydroxylation sites is 1. The molecular weight excluding hydrogens is 250 g/mol. The molecule has 2 rings (SSSR count). The number of methoxy groups -OCH3 is 1. The van der Waals surface area contributed by atoms with Crippen LogP contribution in [0.1, 0.15) is 15.9 Å². The molecule has 0 radical (unpaired) electrons. The predicted molar refractivity (Wildman–Crippen MR) is 81.8 cm³/mol. The number of rotatable bonds is 5. The summed E-state index contributed by atoms with van der Waals surface area (Å²) >= 11 is 0. The molecule has 2 aromatic rings. The van der Waals surface area contributed by atoms with Crippen LogP contribution >= 0.6 is 0 Å². The van der Waals surface area contributed by atoms with Crippen LogP contribution in [0.4, 0.5) is 5.69 Å². The van der Waals surface area contributed by atoms with E-state index in [1.165, 1.54) is 0 Å². The van der Waals surface area contributed by atoms with Gasteiger partial charge in [-0.15, -0.1) is 0 Å². The highest BCUT2D eigenvalue weighted by Crippen LogP contribution is 2.21. The van der Waals surface area contributed by atoms with Gasteiger partial charge in [-0.25, -0.2) is 0 Å². The van der Waals surface area contributed by atoms with Gasteiger partial charge in [-0.1, -0.05) is 24.3 Å². The highest BCUT2D eigenvalue weighted by molar-refractivity contribution is 6.01. The van der Waals surface area contributed by atoms with Gasteiger partial charge in [0.05, 0.1) is 19.2 Å². The second kappa shape index (κ2) is 6.24. The molecule has 2 aromatic carbocycles. The number of nitrogens with zero attached hydrogens (tertiary/aromatic N) is 1. The van der Waals surface area contributed by atoms with Gasteiger partial charge in [-0.05, 0) is 36.8 Å². The first-order valence-electron chi connectivity index (χ1n) is 6.56. The maximum atomic E-state index is 12.4. The van der Waals surface area contributed by atoms with Gasteiger partial charge < -0.3 is 9.64 Å². The number of likely N-dealkylation sites (N-methyl/N-ethyl adjacent to an activating group) is 1. The molecule has 0 saturated heterocycles. The fraction of sp³-hybridized carbons (Fsp3) is 0.235. The number of aryl methyl sites for hydroxylation is 1. The van der Waals surface area contributed by atoms with Gasteiger partial charge in [-0.3, -0.25) is 4.79 Å². The summed E-state index contributed by atoms with van der Waals surface area (Å²) in [6.07, 6.45) is 0. The van der Waals surface area contributed by atoms with Crippen LogP contribution in [0.3, 0.4) is 0 Å². The molecule has 0 N–H and O–H groups in total. The zero-order valence-corrected chi connectivity index (χ0v) is 12.1. The van der Waals surface area contributed by atoms with Gasteiger partial charge in [0.25, 0.3) is 0 Å². The van der Waals surface area contributed by atoms with E-state index in [9.17, 15) is 4.79 Å². The van der Waals surface area contributed by atoms with Crippen molar-refractivity contribution in [2.45, 2.75) is 6.92 Å². The van der Waals surface area contributed by atoms with Crippen molar-refractivity contribution in [2.24, 2.45) is 0 Å². The molecule has 0 aliphatic heterocycles. The molecule has 0 aliphatic rings. The number of ketones is 1. The van der Waals surface area contributed by atoms with E-state index in [1.807, 2.05) is 67.4 Å². The average molecular weight is 269 g/mol. The Bertz CT molecular complexity index is 593. The van der Waals surface area contributed by atoms with Gasteiger partial charge >= 0.3 is 0 Å². The number of carbonyl (C=O) groups is 1. The Hall–Kier alpha value is -2.29. The minimum absolute atomic E-state index is 0.0493. The van der Waals surface area contributed by atoms with Crippen LogP contribution in [0.2, 0.25) is 0 Å². The third kappa shape index (κ3) is 3.18. The number of Topliss-reactive ketones (excluding diaryl/α,β-unsaturated/α-hetero) is 1. The lowest BCUT2D eigenvalue weighted by Gasteiger charge is -2.19. The number of carbonyl (C=O) groups excluding carboxylic acids is 1. The molecule has 3 nitrogen and oxygen atoms in total. The minimum atomic E-state index is 0.0493. The number of hydrogen-bond acceptors (Lipinski definition) is 3. The van der Waals surface area contributed by atoms with E-state index in [-0.39, 0.29) is 5.78 Å². The Morgan fingerprint density at radius 1 is 1.15 bits per heavy atom. The minimum Gasteiger partial charge on any atom is -0.496 e. The Kier molecular flexibility index (Phi) is 4.41. The van der Waals surface area contributed by atoms with Crippen LogP contribution in [-0.4, -0.2) is 26.5 Å². The van der Waals surface area contributed by atoms with E-state index >= 15 is 0 Å². The number of benzene rings is 2. The van der Waals surface area contributed by atoms with E-state index in [1.54, 1.807) is 7.11 Å². The van der Waals surface area contributed by atoms with E-state index in [2.05, 4.69) is 0 Å². The Morgan fingerprint density at radius 2 is 1.85 bits per heavy atom. The largest absolute Gasteiger partial charge is 0.496 e. The van der Waals surface area contributed by atoms with Crippen LogP contribution < -0.4 is 9.64 Å². The van der Waals surface area contributed by atoms with Gasteiger partial charge in [0.2, 0.25) is 0 Å². The van der Waals surface area contributed by atoms with Gasteiger partial charge in [0.15, 0.2) is 5.78 Å². The second-order valence-corrected chi connectivity index (χ2v) is 4.82. The second-order valence-electron chi connectivity index (χ2n) is 4.82. The normalized spacial score (nSPS) is 10.2. The molecule has 0 atom stereocenters. The van der Waals surface area contributed by atoms with Crippen molar-refractivity contribution in [2.75, 3.05) is 25.6 Å². The Labute approximate surface area is 119 Å². The van der Waals surface area contributed by atoms with Crippen LogP contribution in [-0.2, 0) is 0 Å². The number of hydrogen-bond donors (Lipinski definition) is 0. The summed E-state index contributed by atoms with van der Waals surface area (Å²) < 4.78 is 5.30. The molecule has 0 spiro atoms. The maximum absolute atomic E-state index is 12.4. The average Bonchev–Trinajstić information content (AvgIpc) is 2.47. The van der Waals surface area contributed by atoms with Crippen molar-refractivity contribution < 1.29 is 9.53 Å². The van der Waals surface area contributed by atoms with Crippen LogP contribution in [0.15, 0.2) is 48.5 Å². The predicted octanol–water partition coefficient (Wildman–Crippen LogP) is 3.32. The van der Waals surface area contributed by atoms with Crippen LogP contribution in [0, 0.1) is 6.92 Å². The van der Waals surface area contributed by atoms with Crippen molar-refractivity contribution >= 4 is 11.5 Å². The summed E-state index contributed by atoms with van der Waals surface area (Å²) in [4.78, 5) is 14.3. The molecule has 0 aliphatic carbocycles. The summed E-state index contributed by atoms with van der Waals surface area (Å²) in [6.45, 7) is 2.30. The summed E-state index contributed by atoms with van der Waals surface area (Å²) in [5, 5.41) is 0. The Morgan fingerprint density at radius 3 is 2.50 bits per heavy atom. The van der Waals surface area contributed by atoms with E-state index in [4.69, 9.17) is 4.74 Å². The molecule has 3 heteroatoms. The molecule has 0 fully saturated rings. The molecule has 0 heterocycles. The molecule has 0 unspecified atom stereocenters. The first-order valence-corrected chi connectivity index (χ1v) is 6.56. The summed E-state index contributed by atoms with van der Waals surface area (Å²) in [5.41, 5.74) is 2.72. The first-order chi connectivity index (χ1) is 9.61. The highest BCUT2D eigenvalue weighted by atomic mass is 16.5. The van der Waals surface area contributed by atoms with Gasteiger partial charge in [0.1, 0.15) is 5.75 Å². The first kappa shape index (κ1) is 14.1. The molecular formula is C17H19NO2. The third-order valence-electron chi connectivity index (χ3n) is 3.24. The SMILES string of the molecule is COc1cc(C)ccc1C(=O)CN(C)c1ccccc1. The lowest BCUT2D eigenvalue weighted by molar-refractivity contribution is 0.0997. The number of anilines is 1. The smallest absolute Gasteiger partial charge is 0.185 e. The highest BCUT2D eigenvalue weighted by Gasteiger charge is 2.14. The molecule has 0 aromatic heterocycles. The maximum Gasteiger partial charge on any atom is 0.185 e. The fourth-order valence-corrected chi connectivity index (χ4v) is 2.10. The molecule has 0 amide bonds. The van der Waals surface area contributed by atoms with E-state index in [0.29, 0.717) is 17.9 Å². The topological polar surface area (TPSA) is 29.5 Å². The van der Waals surface area contributed by atoms with Gasteiger partial charge in [0, 0.05) is 12.7 Å². The molecule has 0 saturated carbocycles. The van der Waals surface area contributed by atoms with E-state index < -0.39 is 0 Å². The standard InChI is InChI=1S/C17H19NO2/c1-13-9-10-15(17(11-13)20-3)16(19)12-18(2)14-7-5-4-6-8-14/h4-11H,12H2,1-3H3. The van der Waals surface area contributed by atoms with Gasteiger partial charge in [-0.2, -0.15) is 0 Å². The van der Waals surface area contributed by atoms with Crippen molar-refractivity contribution in [3.63, 3.8) is 0 Å². The quantitative estimate of drug-likeness (QED) is 0.780. The monoisotopic (exact) mass is 269 g/mol. The van der Waals surface area contributed by atoms with E-state index in [0.717, 1.165) is 11.3 Å². The molecule has 104 valence electrons. The lowest BCUT2D eigenvalue weighted by atomic mass is 10.1. The summed E-state index contributed by atoms with van der Waals surface area (Å²) in [7, 11) is 3.50. The van der Waals surface area contributed by atoms with Crippen molar-refractivity contribution in [3.05, 3.63) is 59.7 Å². The van der Waals surface area contributed by atoms with Crippen LogP contribution in [0.25, 0.3) is 0 Å². The van der Waals surface area contributed by atoms with Crippen molar-refractivity contribution in [1.82, 2.24) is 0 Å². The van der Waals surface area contributed by atoms with Crippen molar-refractivity contribution in [3.8, 4) is 5.75 Å². The zero-order chi connectivity index (χ0) is 14.5. The fourth-order valence-electron chi connectivity index (χ4n) is 2.10. The zero-order valence-electron chi connectivity index (χ0n) is 12.1. The lowest BCUT2D eigenvalue weighted by Crippen LogP contribution is -2.25. The molecule has 20 heavy (non-hydrogen) atoms. The van der Waals surface area contributed by atoms with Crippen LogP contribution in [0.5, 0.6) is 5.75 Å².